The third-order valence-corrected chi connectivity index (χ3v) is 6.97. The number of ether oxygens (including phenoxy) is 1. The topological polar surface area (TPSA) is 136 Å². The lowest BCUT2D eigenvalue weighted by atomic mass is 9.92. The summed E-state index contributed by atoms with van der Waals surface area (Å²) in [4.78, 5) is 30.3. The van der Waals surface area contributed by atoms with Gasteiger partial charge in [0.2, 0.25) is 0 Å². The maximum Gasteiger partial charge on any atom is 0.408 e. The van der Waals surface area contributed by atoms with E-state index in [4.69, 9.17) is 4.74 Å². The molecule has 226 valence electrons. The number of aliphatic hydroxyl groups is 1. The Labute approximate surface area is 253 Å². The fourth-order valence-electron chi connectivity index (χ4n) is 4.50. The maximum absolute atomic E-state index is 13.7. The number of halogens is 1. The lowest BCUT2D eigenvalue weighted by molar-refractivity contribution is 0.0904. The van der Waals surface area contributed by atoms with Crippen LogP contribution in [-0.4, -0.2) is 48.2 Å². The molecule has 0 saturated heterocycles. The first-order chi connectivity index (χ1) is 21.1. The van der Waals surface area contributed by atoms with Crippen LogP contribution in [0.3, 0.4) is 0 Å². The number of alkyl carbamates (subject to hydrolysis) is 1. The molecule has 2 amide bonds. The molecule has 3 heterocycles. The van der Waals surface area contributed by atoms with Crippen LogP contribution in [0.4, 0.5) is 9.18 Å². The Morgan fingerprint density at radius 3 is 2.50 bits per heavy atom. The molecule has 0 bridgehead atoms. The minimum absolute atomic E-state index is 0.101. The number of rotatable bonds is 10. The van der Waals surface area contributed by atoms with Crippen molar-refractivity contribution in [2.75, 3.05) is 6.54 Å². The number of nitrogens with zero attached hydrogens (tertiary/aromatic N) is 5. The summed E-state index contributed by atoms with van der Waals surface area (Å²) in [6.45, 7) is 3.52. The standard InChI is InChI=1S/C32H32FN7O4/c1-32(2,37-31(43)44-20-21-8-5-4-6-9-21)23-16-25(22-10-12-24(33)13-11-22)36-26(17-23)28(41)19-34-30(42)27-18-29(38-39(27)3)40-15-7-14-35-40/h4-18,28,41H,19-20H2,1-3H3,(H,34,42)(H,37,43). The smallest absolute Gasteiger partial charge is 0.408 e. The fraction of sp³-hybridized carbons (Fsp3) is 0.219. The van der Waals surface area contributed by atoms with Crippen molar-refractivity contribution in [2.45, 2.75) is 32.1 Å². The van der Waals surface area contributed by atoms with Gasteiger partial charge in [0.25, 0.3) is 5.91 Å². The average molecular weight is 598 g/mol. The Morgan fingerprint density at radius 2 is 1.80 bits per heavy atom. The van der Waals surface area contributed by atoms with E-state index >= 15 is 0 Å². The van der Waals surface area contributed by atoms with Crippen LogP contribution in [0.25, 0.3) is 17.1 Å². The molecule has 0 saturated carbocycles. The van der Waals surface area contributed by atoms with Gasteiger partial charge in [-0.25, -0.2) is 18.9 Å². The monoisotopic (exact) mass is 597 g/mol. The van der Waals surface area contributed by atoms with E-state index in [9.17, 15) is 19.1 Å². The van der Waals surface area contributed by atoms with Gasteiger partial charge in [-0.3, -0.25) is 9.48 Å². The average Bonchev–Trinajstić information content (AvgIpc) is 3.69. The van der Waals surface area contributed by atoms with E-state index in [0.717, 1.165) is 5.56 Å². The number of benzene rings is 2. The van der Waals surface area contributed by atoms with Gasteiger partial charge in [-0.05, 0) is 67.4 Å². The lowest BCUT2D eigenvalue weighted by Gasteiger charge is -2.28. The summed E-state index contributed by atoms with van der Waals surface area (Å²) in [5.41, 5.74) is 2.08. The molecule has 12 heteroatoms. The predicted octanol–water partition coefficient (Wildman–Crippen LogP) is 4.43. The molecule has 0 aliphatic carbocycles. The van der Waals surface area contributed by atoms with E-state index in [1.807, 2.05) is 30.3 Å². The van der Waals surface area contributed by atoms with E-state index < -0.39 is 29.5 Å². The molecule has 0 spiro atoms. The van der Waals surface area contributed by atoms with Crippen molar-refractivity contribution in [1.82, 2.24) is 35.2 Å². The number of hydrogen-bond donors (Lipinski definition) is 3. The maximum atomic E-state index is 13.7. The van der Waals surface area contributed by atoms with Crippen molar-refractivity contribution >= 4 is 12.0 Å². The number of aryl methyl sites for hydroxylation is 1. The van der Waals surface area contributed by atoms with Crippen molar-refractivity contribution in [3.63, 3.8) is 0 Å². The molecule has 44 heavy (non-hydrogen) atoms. The van der Waals surface area contributed by atoms with Gasteiger partial charge in [-0.2, -0.15) is 10.2 Å². The van der Waals surface area contributed by atoms with E-state index in [-0.39, 0.29) is 24.5 Å². The van der Waals surface area contributed by atoms with Gasteiger partial charge in [0.05, 0.1) is 16.9 Å². The van der Waals surface area contributed by atoms with Crippen LogP contribution in [-0.2, 0) is 23.9 Å². The van der Waals surface area contributed by atoms with E-state index in [2.05, 4.69) is 25.8 Å². The Kier molecular flexibility index (Phi) is 8.81. The summed E-state index contributed by atoms with van der Waals surface area (Å²) < 4.78 is 22.0. The second kappa shape index (κ2) is 12.9. The largest absolute Gasteiger partial charge is 0.445 e. The number of hydrogen-bond acceptors (Lipinski definition) is 7. The number of amides is 2. The number of pyridine rings is 1. The van der Waals surface area contributed by atoms with Gasteiger partial charge in [0.15, 0.2) is 5.82 Å². The normalized spacial score (nSPS) is 12.0. The number of nitrogens with one attached hydrogen (secondary N) is 2. The molecule has 0 radical (unpaired) electrons. The molecule has 5 aromatic rings. The van der Waals surface area contributed by atoms with E-state index in [1.165, 1.54) is 21.5 Å². The van der Waals surface area contributed by atoms with Crippen LogP contribution in [0, 0.1) is 5.82 Å². The van der Waals surface area contributed by atoms with Crippen LogP contribution < -0.4 is 10.6 Å². The number of carbonyl (C=O) groups is 2. The highest BCUT2D eigenvalue weighted by atomic mass is 19.1. The van der Waals surface area contributed by atoms with Crippen LogP contribution in [0.5, 0.6) is 0 Å². The van der Waals surface area contributed by atoms with Crippen molar-refractivity contribution in [3.05, 3.63) is 120 Å². The highest BCUT2D eigenvalue weighted by molar-refractivity contribution is 5.93. The van der Waals surface area contributed by atoms with Crippen LogP contribution >= 0.6 is 0 Å². The molecular formula is C32H32FN7O4. The summed E-state index contributed by atoms with van der Waals surface area (Å²) >= 11 is 0. The van der Waals surface area contributed by atoms with E-state index in [0.29, 0.717) is 22.6 Å². The second-order valence-corrected chi connectivity index (χ2v) is 10.7. The van der Waals surface area contributed by atoms with Gasteiger partial charge in [-0.15, -0.1) is 0 Å². The van der Waals surface area contributed by atoms with Crippen LogP contribution in [0.1, 0.15) is 47.3 Å². The van der Waals surface area contributed by atoms with Crippen molar-refractivity contribution in [3.8, 4) is 17.1 Å². The second-order valence-electron chi connectivity index (χ2n) is 10.7. The highest BCUT2D eigenvalue weighted by Crippen LogP contribution is 2.28. The van der Waals surface area contributed by atoms with Gasteiger partial charge in [0.1, 0.15) is 24.2 Å². The summed E-state index contributed by atoms with van der Waals surface area (Å²) in [7, 11) is 1.64. The number of aliphatic hydroxyl groups excluding tert-OH is 1. The number of carbonyl (C=O) groups excluding carboxylic acids is 2. The van der Waals surface area contributed by atoms with Crippen molar-refractivity contribution in [1.29, 1.82) is 0 Å². The molecule has 1 atom stereocenters. The minimum atomic E-state index is -1.21. The minimum Gasteiger partial charge on any atom is -0.445 e. The zero-order valence-electron chi connectivity index (χ0n) is 24.4. The molecular weight excluding hydrogens is 565 g/mol. The molecule has 3 N–H and O–H groups in total. The molecule has 11 nitrogen and oxygen atoms in total. The Bertz CT molecular complexity index is 1740. The van der Waals surface area contributed by atoms with Crippen molar-refractivity contribution in [2.24, 2.45) is 7.05 Å². The highest BCUT2D eigenvalue weighted by Gasteiger charge is 2.27. The zero-order chi connectivity index (χ0) is 31.3. The van der Waals surface area contributed by atoms with E-state index in [1.54, 1.807) is 69.7 Å². The fourth-order valence-corrected chi connectivity index (χ4v) is 4.50. The summed E-state index contributed by atoms with van der Waals surface area (Å²) in [5.74, 6) is -0.379. The number of aromatic nitrogens is 5. The predicted molar refractivity (Wildman–Crippen MR) is 160 cm³/mol. The third-order valence-electron chi connectivity index (χ3n) is 6.97. The van der Waals surface area contributed by atoms with Gasteiger partial charge >= 0.3 is 6.09 Å². The first-order valence-corrected chi connectivity index (χ1v) is 13.9. The summed E-state index contributed by atoms with van der Waals surface area (Å²) in [6.07, 6.45) is 1.48. The van der Waals surface area contributed by atoms with Crippen molar-refractivity contribution < 1.29 is 23.8 Å². The Morgan fingerprint density at radius 1 is 1.05 bits per heavy atom. The molecule has 0 aliphatic heterocycles. The molecule has 5 rings (SSSR count). The first kappa shape index (κ1) is 30.1. The Balaban J connectivity index is 1.35. The molecule has 0 fully saturated rings. The van der Waals surface area contributed by atoms with Crippen LogP contribution in [0.15, 0.2) is 91.3 Å². The molecule has 3 aromatic heterocycles. The first-order valence-electron chi connectivity index (χ1n) is 13.9. The van der Waals surface area contributed by atoms with Gasteiger partial charge < -0.3 is 20.5 Å². The molecule has 2 aromatic carbocycles. The van der Waals surface area contributed by atoms with Gasteiger partial charge in [-0.1, -0.05) is 30.3 Å². The third kappa shape index (κ3) is 7.16. The quantitative estimate of drug-likeness (QED) is 0.217. The summed E-state index contributed by atoms with van der Waals surface area (Å²) in [6, 6.07) is 21.8. The Hall–Kier alpha value is -5.36. The van der Waals surface area contributed by atoms with Crippen LogP contribution in [0.2, 0.25) is 0 Å². The summed E-state index contributed by atoms with van der Waals surface area (Å²) in [5, 5.41) is 25.2. The zero-order valence-corrected chi connectivity index (χ0v) is 24.4. The molecule has 1 unspecified atom stereocenters. The SMILES string of the molecule is Cn1nc(-n2cccn2)cc1C(=O)NCC(O)c1cc(C(C)(C)NC(=O)OCc2ccccc2)cc(-c2ccc(F)cc2)n1. The lowest BCUT2D eigenvalue weighted by Crippen LogP contribution is -2.41. The van der Waals surface area contributed by atoms with Gasteiger partial charge in [0, 0.05) is 37.6 Å². The molecule has 0 aliphatic rings.